The molecule has 6 heteroatoms. The molecule has 0 heterocycles. The molecule has 0 aliphatic rings. The minimum Gasteiger partial charge on any atom is -0.444 e. The second-order valence-electron chi connectivity index (χ2n) is 5.43. The maximum absolute atomic E-state index is 11.7. The number of carbonyl (C=O) groups is 2. The molecular weight excluding hydrogens is 280 g/mol. The lowest BCUT2D eigenvalue weighted by atomic mass is 10.1. The van der Waals surface area contributed by atoms with Crippen molar-refractivity contribution in [3.63, 3.8) is 0 Å². The molecule has 5 nitrogen and oxygen atoms in total. The van der Waals surface area contributed by atoms with Crippen molar-refractivity contribution in [1.82, 2.24) is 5.32 Å². The number of amides is 2. The molecule has 0 bridgehead atoms. The lowest BCUT2D eigenvalue weighted by Gasteiger charge is -2.22. The summed E-state index contributed by atoms with van der Waals surface area (Å²) in [6.45, 7) is 5.22. The number of rotatable bonds is 4. The molecular formula is C14H19ClN2O3. The lowest BCUT2D eigenvalue weighted by molar-refractivity contribution is -0.120. The molecule has 1 atom stereocenters. The third-order valence-electron chi connectivity index (χ3n) is 2.39. The van der Waals surface area contributed by atoms with Crippen LogP contribution in [0.3, 0.4) is 0 Å². The Morgan fingerprint density at radius 2 is 1.85 bits per heavy atom. The van der Waals surface area contributed by atoms with Crippen molar-refractivity contribution >= 4 is 23.6 Å². The van der Waals surface area contributed by atoms with Gasteiger partial charge < -0.3 is 15.8 Å². The van der Waals surface area contributed by atoms with Crippen LogP contribution in [0.25, 0.3) is 0 Å². The number of benzene rings is 1. The van der Waals surface area contributed by atoms with Crippen LogP contribution in [0.15, 0.2) is 24.3 Å². The Hall–Kier alpha value is -1.75. The fourth-order valence-electron chi connectivity index (χ4n) is 1.53. The van der Waals surface area contributed by atoms with E-state index in [1.165, 1.54) is 0 Å². The highest BCUT2D eigenvalue weighted by Gasteiger charge is 2.22. The molecule has 2 amide bonds. The molecule has 20 heavy (non-hydrogen) atoms. The summed E-state index contributed by atoms with van der Waals surface area (Å²) in [5.41, 5.74) is 5.50. The van der Waals surface area contributed by atoms with Gasteiger partial charge in [0.1, 0.15) is 11.6 Å². The second kappa shape index (κ2) is 6.61. The van der Waals surface area contributed by atoms with Gasteiger partial charge in [-0.25, -0.2) is 4.79 Å². The van der Waals surface area contributed by atoms with E-state index in [9.17, 15) is 9.59 Å². The van der Waals surface area contributed by atoms with E-state index in [0.29, 0.717) is 5.02 Å². The number of hydrogen-bond acceptors (Lipinski definition) is 3. The minimum atomic E-state index is -0.828. The van der Waals surface area contributed by atoms with Gasteiger partial charge in [0.25, 0.3) is 0 Å². The number of ether oxygens (including phenoxy) is 1. The first kappa shape index (κ1) is 16.3. The standard InChI is InChI=1S/C14H19ClN2O3/c1-14(2,3)20-13(19)17-11(12(16)18)8-9-4-6-10(15)7-5-9/h4-7,11H,8H2,1-3H3,(H2,16,18)(H,17,19). The van der Waals surface area contributed by atoms with E-state index in [-0.39, 0.29) is 6.42 Å². The normalized spacial score (nSPS) is 12.6. The third kappa shape index (κ3) is 5.93. The highest BCUT2D eigenvalue weighted by Crippen LogP contribution is 2.12. The Bertz CT molecular complexity index is 480. The summed E-state index contributed by atoms with van der Waals surface area (Å²) in [6.07, 6.45) is -0.388. The molecule has 1 aromatic carbocycles. The van der Waals surface area contributed by atoms with Crippen molar-refractivity contribution in [3.8, 4) is 0 Å². The number of halogens is 1. The molecule has 0 fully saturated rings. The number of primary amides is 1. The third-order valence-corrected chi connectivity index (χ3v) is 2.64. The van der Waals surface area contributed by atoms with E-state index >= 15 is 0 Å². The van der Waals surface area contributed by atoms with E-state index in [4.69, 9.17) is 22.1 Å². The first-order valence-corrected chi connectivity index (χ1v) is 6.58. The molecule has 1 aromatic rings. The van der Waals surface area contributed by atoms with Crippen LogP contribution in [0, 0.1) is 0 Å². The molecule has 0 saturated carbocycles. The SMILES string of the molecule is CC(C)(C)OC(=O)NC(Cc1ccc(Cl)cc1)C(N)=O. The van der Waals surface area contributed by atoms with Crippen LogP contribution in [0.5, 0.6) is 0 Å². The monoisotopic (exact) mass is 298 g/mol. The van der Waals surface area contributed by atoms with Crippen LogP contribution in [0.1, 0.15) is 26.3 Å². The largest absolute Gasteiger partial charge is 0.444 e. The average Bonchev–Trinajstić information content (AvgIpc) is 2.28. The van der Waals surface area contributed by atoms with Gasteiger partial charge in [-0.15, -0.1) is 0 Å². The number of nitrogens with one attached hydrogen (secondary N) is 1. The van der Waals surface area contributed by atoms with Gasteiger partial charge >= 0.3 is 6.09 Å². The molecule has 0 aliphatic heterocycles. The van der Waals surface area contributed by atoms with Crippen LogP contribution in [0.4, 0.5) is 4.79 Å². The van der Waals surface area contributed by atoms with E-state index < -0.39 is 23.6 Å². The number of carbonyl (C=O) groups excluding carboxylic acids is 2. The van der Waals surface area contributed by atoms with Gasteiger partial charge in [-0.05, 0) is 38.5 Å². The number of nitrogens with two attached hydrogens (primary N) is 1. The van der Waals surface area contributed by atoms with Crippen LogP contribution < -0.4 is 11.1 Å². The molecule has 3 N–H and O–H groups in total. The summed E-state index contributed by atoms with van der Waals surface area (Å²) in [4.78, 5) is 23.1. The minimum absolute atomic E-state index is 0.283. The number of alkyl carbamates (subject to hydrolysis) is 1. The van der Waals surface area contributed by atoms with Crippen molar-refractivity contribution in [3.05, 3.63) is 34.9 Å². The van der Waals surface area contributed by atoms with Crippen molar-refractivity contribution in [1.29, 1.82) is 0 Å². The molecule has 0 aromatic heterocycles. The van der Waals surface area contributed by atoms with Crippen molar-refractivity contribution in [2.75, 3.05) is 0 Å². The number of hydrogen-bond donors (Lipinski definition) is 2. The van der Waals surface area contributed by atoms with Gasteiger partial charge in [-0.1, -0.05) is 23.7 Å². The maximum Gasteiger partial charge on any atom is 0.408 e. The summed E-state index contributed by atoms with van der Waals surface area (Å²) >= 11 is 5.79. The molecule has 0 spiro atoms. The highest BCUT2D eigenvalue weighted by atomic mass is 35.5. The quantitative estimate of drug-likeness (QED) is 0.894. The Balaban J connectivity index is 2.68. The molecule has 0 saturated heterocycles. The Morgan fingerprint density at radius 3 is 2.30 bits per heavy atom. The molecule has 0 aliphatic carbocycles. The fourth-order valence-corrected chi connectivity index (χ4v) is 1.65. The highest BCUT2D eigenvalue weighted by molar-refractivity contribution is 6.30. The predicted octanol–water partition coefficient (Wildman–Crippen LogP) is 2.26. The smallest absolute Gasteiger partial charge is 0.408 e. The summed E-state index contributed by atoms with van der Waals surface area (Å²) in [7, 11) is 0. The van der Waals surface area contributed by atoms with Crippen molar-refractivity contribution < 1.29 is 14.3 Å². The zero-order chi connectivity index (χ0) is 15.3. The van der Waals surface area contributed by atoms with Crippen molar-refractivity contribution in [2.45, 2.75) is 38.8 Å². The topological polar surface area (TPSA) is 81.4 Å². The summed E-state index contributed by atoms with van der Waals surface area (Å²) in [6, 6.07) is 6.14. The van der Waals surface area contributed by atoms with E-state index in [0.717, 1.165) is 5.56 Å². The summed E-state index contributed by atoms with van der Waals surface area (Å²) in [5, 5.41) is 3.07. The zero-order valence-corrected chi connectivity index (χ0v) is 12.5. The summed E-state index contributed by atoms with van der Waals surface area (Å²) in [5.74, 6) is -0.620. The van der Waals surface area contributed by atoms with Gasteiger partial charge in [-0.2, -0.15) is 0 Å². The van der Waals surface area contributed by atoms with Gasteiger partial charge in [0, 0.05) is 11.4 Å². The van der Waals surface area contributed by atoms with E-state index in [1.807, 2.05) is 0 Å². The first-order valence-electron chi connectivity index (χ1n) is 6.20. The lowest BCUT2D eigenvalue weighted by Crippen LogP contribution is -2.47. The van der Waals surface area contributed by atoms with Gasteiger partial charge in [0.2, 0.25) is 5.91 Å². The predicted molar refractivity (Wildman–Crippen MR) is 77.5 cm³/mol. The molecule has 110 valence electrons. The fraction of sp³-hybridized carbons (Fsp3) is 0.429. The Morgan fingerprint density at radius 1 is 1.30 bits per heavy atom. The van der Waals surface area contributed by atoms with E-state index in [1.54, 1.807) is 45.0 Å². The molecule has 1 unspecified atom stereocenters. The van der Waals surface area contributed by atoms with Gasteiger partial charge in [0.05, 0.1) is 0 Å². The first-order chi connectivity index (χ1) is 9.17. The molecule has 1 rings (SSSR count). The summed E-state index contributed by atoms with van der Waals surface area (Å²) < 4.78 is 5.10. The van der Waals surface area contributed by atoms with Gasteiger partial charge in [-0.3, -0.25) is 4.79 Å². The van der Waals surface area contributed by atoms with Crippen molar-refractivity contribution in [2.24, 2.45) is 5.73 Å². The average molecular weight is 299 g/mol. The van der Waals surface area contributed by atoms with E-state index in [2.05, 4.69) is 5.32 Å². The van der Waals surface area contributed by atoms with Gasteiger partial charge in [0.15, 0.2) is 0 Å². The second-order valence-corrected chi connectivity index (χ2v) is 5.87. The van der Waals surface area contributed by atoms with Crippen LogP contribution >= 0.6 is 11.6 Å². The van der Waals surface area contributed by atoms with Crippen LogP contribution in [-0.2, 0) is 16.0 Å². The maximum atomic E-state index is 11.7. The zero-order valence-electron chi connectivity index (χ0n) is 11.8. The Kier molecular flexibility index (Phi) is 5.39. The molecule has 0 radical (unpaired) electrons. The Labute approximate surface area is 123 Å². The van der Waals surface area contributed by atoms with Crippen LogP contribution in [-0.4, -0.2) is 23.6 Å². The van der Waals surface area contributed by atoms with Crippen LogP contribution in [0.2, 0.25) is 5.02 Å².